The van der Waals surface area contributed by atoms with E-state index in [4.69, 9.17) is 9.47 Å². The minimum absolute atomic E-state index is 0.124. The van der Waals surface area contributed by atoms with Crippen molar-refractivity contribution in [3.05, 3.63) is 48.5 Å². The molecule has 27 heavy (non-hydrogen) atoms. The Morgan fingerprint density at radius 3 is 2.70 bits per heavy atom. The summed E-state index contributed by atoms with van der Waals surface area (Å²) in [6, 6.07) is 15.2. The van der Waals surface area contributed by atoms with Crippen molar-refractivity contribution in [3.8, 4) is 22.9 Å². The van der Waals surface area contributed by atoms with Gasteiger partial charge in [-0.3, -0.25) is 4.79 Å². The smallest absolute Gasteiger partial charge is 0.234 e. The van der Waals surface area contributed by atoms with Gasteiger partial charge in [0.25, 0.3) is 0 Å². The molecule has 8 heteroatoms. The van der Waals surface area contributed by atoms with Crippen LogP contribution in [0.25, 0.3) is 11.4 Å². The molecule has 0 bridgehead atoms. The lowest BCUT2D eigenvalue weighted by molar-refractivity contribution is -0.113. The van der Waals surface area contributed by atoms with Gasteiger partial charge in [0, 0.05) is 24.4 Å². The number of ether oxygens (including phenoxy) is 2. The van der Waals surface area contributed by atoms with E-state index in [-0.39, 0.29) is 11.7 Å². The molecule has 0 atom stereocenters. The van der Waals surface area contributed by atoms with E-state index in [9.17, 15) is 4.79 Å². The average molecular weight is 382 g/mol. The zero-order chi connectivity index (χ0) is 18.6. The normalized spacial score (nSPS) is 12.6. The first-order valence-electron chi connectivity index (χ1n) is 8.48. The molecule has 0 unspecified atom stereocenters. The molecule has 1 aliphatic rings. The highest BCUT2D eigenvalue weighted by atomic mass is 32.2. The number of hydrogen-bond donors (Lipinski definition) is 1. The molecule has 138 valence electrons. The zero-order valence-electron chi connectivity index (χ0n) is 14.7. The van der Waals surface area contributed by atoms with Crippen LogP contribution in [0.5, 0.6) is 11.5 Å². The average Bonchev–Trinajstić information content (AvgIpc) is 3.07. The van der Waals surface area contributed by atoms with Crippen LogP contribution < -0.4 is 14.8 Å². The number of anilines is 1. The lowest BCUT2D eigenvalue weighted by Gasteiger charge is -2.18. The maximum absolute atomic E-state index is 12.3. The van der Waals surface area contributed by atoms with Crippen LogP contribution in [-0.2, 0) is 11.8 Å². The van der Waals surface area contributed by atoms with Crippen molar-refractivity contribution in [2.45, 2.75) is 5.16 Å². The Morgan fingerprint density at radius 1 is 1.11 bits per heavy atom. The second-order valence-electron chi connectivity index (χ2n) is 5.93. The molecule has 0 radical (unpaired) electrons. The third kappa shape index (κ3) is 3.90. The van der Waals surface area contributed by atoms with E-state index >= 15 is 0 Å². The predicted octanol–water partition coefficient (Wildman–Crippen LogP) is 2.98. The summed E-state index contributed by atoms with van der Waals surface area (Å²) in [6.45, 7) is 1.05. The van der Waals surface area contributed by atoms with Gasteiger partial charge >= 0.3 is 0 Å². The van der Waals surface area contributed by atoms with Crippen molar-refractivity contribution in [2.75, 3.05) is 24.3 Å². The summed E-state index contributed by atoms with van der Waals surface area (Å²) in [5.41, 5.74) is 1.66. The van der Waals surface area contributed by atoms with Crippen molar-refractivity contribution in [2.24, 2.45) is 7.05 Å². The van der Waals surface area contributed by atoms with E-state index < -0.39 is 0 Å². The third-order valence-corrected chi connectivity index (χ3v) is 5.05. The summed E-state index contributed by atoms with van der Waals surface area (Å²) < 4.78 is 12.9. The van der Waals surface area contributed by atoms with Crippen molar-refractivity contribution >= 4 is 23.4 Å². The second kappa shape index (κ2) is 7.71. The molecular formula is C19H18N4O3S. The molecule has 2 heterocycles. The molecule has 0 saturated carbocycles. The topological polar surface area (TPSA) is 78.3 Å². The molecule has 2 aromatic carbocycles. The first-order chi connectivity index (χ1) is 13.2. The van der Waals surface area contributed by atoms with Gasteiger partial charge in [-0.1, -0.05) is 42.1 Å². The maximum Gasteiger partial charge on any atom is 0.234 e. The standard InChI is InChI=1S/C19H18N4O3S/c1-23-18(13-5-3-2-4-6-13)21-22-19(23)27-12-17(24)20-14-7-8-15-16(11-14)26-10-9-25-15/h2-8,11H,9-10,12H2,1H3,(H,20,24). The summed E-state index contributed by atoms with van der Waals surface area (Å²) >= 11 is 1.34. The van der Waals surface area contributed by atoms with Gasteiger partial charge in [0.05, 0.1) is 5.75 Å². The van der Waals surface area contributed by atoms with Gasteiger partial charge < -0.3 is 19.4 Å². The molecule has 7 nitrogen and oxygen atoms in total. The van der Waals surface area contributed by atoms with E-state index in [1.54, 1.807) is 18.2 Å². The van der Waals surface area contributed by atoms with Gasteiger partial charge in [-0.2, -0.15) is 0 Å². The molecule has 0 spiro atoms. The molecule has 0 fully saturated rings. The van der Waals surface area contributed by atoms with Gasteiger partial charge in [-0.15, -0.1) is 10.2 Å². The number of carbonyl (C=O) groups is 1. The van der Waals surface area contributed by atoms with Gasteiger partial charge in [-0.25, -0.2) is 0 Å². The molecule has 0 saturated heterocycles. The Labute approximate surface area is 160 Å². The van der Waals surface area contributed by atoms with E-state index in [1.165, 1.54) is 11.8 Å². The van der Waals surface area contributed by atoms with Crippen molar-refractivity contribution in [1.29, 1.82) is 0 Å². The highest BCUT2D eigenvalue weighted by Crippen LogP contribution is 2.32. The Morgan fingerprint density at radius 2 is 1.89 bits per heavy atom. The molecule has 4 rings (SSSR count). The lowest BCUT2D eigenvalue weighted by Crippen LogP contribution is -2.17. The summed E-state index contributed by atoms with van der Waals surface area (Å²) in [6.07, 6.45) is 0. The third-order valence-electron chi connectivity index (χ3n) is 4.03. The molecular weight excluding hydrogens is 364 g/mol. The zero-order valence-corrected chi connectivity index (χ0v) is 15.5. The number of rotatable bonds is 5. The van der Waals surface area contributed by atoms with Crippen LogP contribution in [0.1, 0.15) is 0 Å². The van der Waals surface area contributed by atoms with Gasteiger partial charge in [-0.05, 0) is 12.1 Å². The Bertz CT molecular complexity index is 959. The molecule has 3 aromatic rings. The predicted molar refractivity (Wildman–Crippen MR) is 103 cm³/mol. The van der Waals surface area contributed by atoms with Gasteiger partial charge in [0.2, 0.25) is 5.91 Å². The molecule has 1 aliphatic heterocycles. The molecule has 0 aliphatic carbocycles. The van der Waals surface area contributed by atoms with Gasteiger partial charge in [0.15, 0.2) is 22.5 Å². The SMILES string of the molecule is Cn1c(SCC(=O)Nc2ccc3c(c2)OCCO3)nnc1-c1ccccc1. The number of aromatic nitrogens is 3. The van der Waals surface area contributed by atoms with Crippen molar-refractivity contribution in [1.82, 2.24) is 14.8 Å². The summed E-state index contributed by atoms with van der Waals surface area (Å²) in [5, 5.41) is 12.0. The summed E-state index contributed by atoms with van der Waals surface area (Å²) in [5.74, 6) is 2.22. The van der Waals surface area contributed by atoms with Crippen LogP contribution in [-0.4, -0.2) is 39.6 Å². The Hall–Kier alpha value is -3.00. The minimum Gasteiger partial charge on any atom is -0.486 e. The number of benzene rings is 2. The quantitative estimate of drug-likeness (QED) is 0.684. The fourth-order valence-corrected chi connectivity index (χ4v) is 3.44. The van der Waals surface area contributed by atoms with Crippen LogP contribution in [0, 0.1) is 0 Å². The van der Waals surface area contributed by atoms with Gasteiger partial charge in [0.1, 0.15) is 13.2 Å². The monoisotopic (exact) mass is 382 g/mol. The molecule has 1 N–H and O–H groups in total. The maximum atomic E-state index is 12.3. The van der Waals surface area contributed by atoms with Crippen molar-refractivity contribution in [3.63, 3.8) is 0 Å². The van der Waals surface area contributed by atoms with Crippen LogP contribution in [0.2, 0.25) is 0 Å². The van der Waals surface area contributed by atoms with Crippen molar-refractivity contribution < 1.29 is 14.3 Å². The molecule has 1 aromatic heterocycles. The lowest BCUT2D eigenvalue weighted by atomic mass is 10.2. The number of nitrogens with zero attached hydrogens (tertiary/aromatic N) is 3. The second-order valence-corrected chi connectivity index (χ2v) is 6.87. The number of carbonyl (C=O) groups excluding carboxylic acids is 1. The minimum atomic E-state index is -0.124. The highest BCUT2D eigenvalue weighted by molar-refractivity contribution is 7.99. The van der Waals surface area contributed by atoms with Crippen LogP contribution in [0.15, 0.2) is 53.7 Å². The summed E-state index contributed by atoms with van der Waals surface area (Å²) in [4.78, 5) is 12.3. The number of hydrogen-bond acceptors (Lipinski definition) is 6. The number of amides is 1. The largest absolute Gasteiger partial charge is 0.486 e. The summed E-state index contributed by atoms with van der Waals surface area (Å²) in [7, 11) is 1.89. The Kier molecular flexibility index (Phi) is 4.97. The highest BCUT2D eigenvalue weighted by Gasteiger charge is 2.15. The van der Waals surface area contributed by atoms with E-state index in [1.807, 2.05) is 41.9 Å². The van der Waals surface area contributed by atoms with E-state index in [0.29, 0.717) is 35.6 Å². The van der Waals surface area contributed by atoms with Crippen LogP contribution in [0.3, 0.4) is 0 Å². The first kappa shape index (κ1) is 17.4. The van der Waals surface area contributed by atoms with E-state index in [2.05, 4.69) is 15.5 Å². The first-order valence-corrected chi connectivity index (χ1v) is 9.46. The Balaban J connectivity index is 1.38. The fourth-order valence-electron chi connectivity index (χ4n) is 2.73. The number of nitrogens with one attached hydrogen (secondary N) is 1. The van der Waals surface area contributed by atoms with E-state index in [0.717, 1.165) is 11.4 Å². The molecule has 1 amide bonds. The number of fused-ring (bicyclic) bond motifs is 1. The van der Waals surface area contributed by atoms with Crippen LogP contribution in [0.4, 0.5) is 5.69 Å². The number of thioether (sulfide) groups is 1. The van der Waals surface area contributed by atoms with Crippen LogP contribution >= 0.6 is 11.8 Å². The fraction of sp³-hybridized carbons (Fsp3) is 0.211.